The van der Waals surface area contributed by atoms with Gasteiger partial charge in [0.2, 0.25) is 0 Å². The van der Waals surface area contributed by atoms with Gasteiger partial charge in [0.1, 0.15) is 0 Å². The smallest absolute Gasteiger partial charge is 0.304 e. The van der Waals surface area contributed by atoms with Crippen LogP contribution < -0.4 is 5.73 Å². The lowest BCUT2D eigenvalue weighted by Gasteiger charge is -2.12. The second kappa shape index (κ2) is 6.82. The zero-order valence-electron chi connectivity index (χ0n) is 8.02. The average molecular weight is 295 g/mol. The van der Waals surface area contributed by atoms with Crippen LogP contribution in [0.15, 0.2) is 28.7 Å². The number of benzene rings is 1. The van der Waals surface area contributed by atoms with Crippen LogP contribution in [0, 0.1) is 0 Å². The highest BCUT2D eigenvalue weighted by molar-refractivity contribution is 9.10. The number of carboxylic acid groups (broad SMARTS) is 1. The molecule has 0 saturated heterocycles. The molecule has 15 heavy (non-hydrogen) atoms. The van der Waals surface area contributed by atoms with Crippen LogP contribution in [-0.4, -0.2) is 17.6 Å². The van der Waals surface area contributed by atoms with Crippen LogP contribution in [0.4, 0.5) is 0 Å². The fourth-order valence-electron chi connectivity index (χ4n) is 1.31. The molecular weight excluding hydrogens is 281 g/mol. The monoisotopic (exact) mass is 293 g/mol. The molecule has 0 aliphatic rings. The molecular formula is C10H13BrClNO2. The van der Waals surface area contributed by atoms with Crippen LogP contribution in [0.2, 0.25) is 0 Å². The summed E-state index contributed by atoms with van der Waals surface area (Å²) in [6.07, 6.45) is 0.0763. The molecule has 0 heterocycles. The fourth-order valence-corrected chi connectivity index (χ4v) is 1.73. The quantitative estimate of drug-likeness (QED) is 0.896. The highest BCUT2D eigenvalue weighted by Crippen LogP contribution is 2.21. The standard InChI is InChI=1S/C10H12BrNO2.ClH/c11-9-3-1-2-7(4-9)8(6-12)5-10(13)14;/h1-4,8H,5-6,12H2,(H,13,14);1H. The zero-order valence-corrected chi connectivity index (χ0v) is 10.4. The molecule has 0 aliphatic carbocycles. The maximum absolute atomic E-state index is 10.6. The second-order valence-corrected chi connectivity index (χ2v) is 4.00. The first-order valence-electron chi connectivity index (χ1n) is 4.31. The Bertz CT molecular complexity index is 333. The lowest BCUT2D eigenvalue weighted by atomic mass is 9.96. The molecule has 0 radical (unpaired) electrons. The third-order valence-corrected chi connectivity index (χ3v) is 2.52. The maximum Gasteiger partial charge on any atom is 0.304 e. The molecule has 1 unspecified atom stereocenters. The van der Waals surface area contributed by atoms with Crippen molar-refractivity contribution in [1.29, 1.82) is 0 Å². The molecule has 0 fully saturated rings. The molecule has 0 amide bonds. The van der Waals surface area contributed by atoms with Crippen LogP contribution in [0.1, 0.15) is 17.9 Å². The van der Waals surface area contributed by atoms with E-state index in [2.05, 4.69) is 15.9 Å². The van der Waals surface area contributed by atoms with Crippen LogP contribution in [0.25, 0.3) is 0 Å². The summed E-state index contributed by atoms with van der Waals surface area (Å²) in [5.74, 6) is -0.926. The first kappa shape index (κ1) is 14.4. The molecule has 0 aliphatic heterocycles. The van der Waals surface area contributed by atoms with Gasteiger partial charge in [-0.1, -0.05) is 28.1 Å². The Labute approximate surface area is 103 Å². The molecule has 3 N–H and O–H groups in total. The summed E-state index contributed by atoms with van der Waals surface area (Å²) in [6.45, 7) is 0.350. The predicted octanol–water partition coefficient (Wildman–Crippen LogP) is 2.39. The van der Waals surface area contributed by atoms with Crippen LogP contribution in [-0.2, 0) is 4.79 Å². The van der Waals surface area contributed by atoms with Gasteiger partial charge in [-0.05, 0) is 24.2 Å². The summed E-state index contributed by atoms with van der Waals surface area (Å²) < 4.78 is 0.943. The summed E-state index contributed by atoms with van der Waals surface area (Å²) in [5.41, 5.74) is 6.49. The molecule has 0 bridgehead atoms. The number of aliphatic carboxylic acids is 1. The van der Waals surface area contributed by atoms with E-state index in [-0.39, 0.29) is 24.7 Å². The van der Waals surface area contributed by atoms with Gasteiger partial charge in [-0.2, -0.15) is 0 Å². The fraction of sp³-hybridized carbons (Fsp3) is 0.300. The van der Waals surface area contributed by atoms with Crippen molar-refractivity contribution in [3.63, 3.8) is 0 Å². The van der Waals surface area contributed by atoms with Gasteiger partial charge in [-0.3, -0.25) is 4.79 Å². The molecule has 0 aromatic heterocycles. The van der Waals surface area contributed by atoms with Crippen molar-refractivity contribution in [1.82, 2.24) is 0 Å². The summed E-state index contributed by atoms with van der Waals surface area (Å²) >= 11 is 3.34. The number of carbonyl (C=O) groups is 1. The van der Waals surface area contributed by atoms with Crippen LogP contribution in [0.3, 0.4) is 0 Å². The van der Waals surface area contributed by atoms with E-state index in [1.807, 2.05) is 24.3 Å². The Kier molecular flexibility index (Phi) is 6.56. The minimum absolute atomic E-state index is 0. The van der Waals surface area contributed by atoms with Crippen molar-refractivity contribution < 1.29 is 9.90 Å². The Morgan fingerprint density at radius 3 is 2.67 bits per heavy atom. The first-order valence-corrected chi connectivity index (χ1v) is 5.10. The lowest BCUT2D eigenvalue weighted by molar-refractivity contribution is -0.137. The Balaban J connectivity index is 0.00000196. The topological polar surface area (TPSA) is 63.3 Å². The van der Waals surface area contributed by atoms with Gasteiger partial charge in [0.15, 0.2) is 0 Å². The highest BCUT2D eigenvalue weighted by Gasteiger charge is 2.13. The zero-order chi connectivity index (χ0) is 10.6. The number of rotatable bonds is 4. The second-order valence-electron chi connectivity index (χ2n) is 3.09. The van der Waals surface area contributed by atoms with Crippen LogP contribution >= 0.6 is 28.3 Å². The Hall–Kier alpha value is -0.580. The molecule has 84 valence electrons. The van der Waals surface area contributed by atoms with Gasteiger partial charge in [0.25, 0.3) is 0 Å². The molecule has 5 heteroatoms. The summed E-state index contributed by atoms with van der Waals surface area (Å²) in [6, 6.07) is 7.58. The van der Waals surface area contributed by atoms with Crippen molar-refractivity contribution in [2.24, 2.45) is 5.73 Å². The van der Waals surface area contributed by atoms with E-state index in [9.17, 15) is 4.79 Å². The van der Waals surface area contributed by atoms with E-state index in [0.717, 1.165) is 10.0 Å². The third kappa shape index (κ3) is 4.64. The number of hydrogen-bond acceptors (Lipinski definition) is 2. The lowest BCUT2D eigenvalue weighted by Crippen LogP contribution is -2.16. The number of carboxylic acids is 1. The van der Waals surface area contributed by atoms with E-state index in [4.69, 9.17) is 10.8 Å². The van der Waals surface area contributed by atoms with E-state index in [1.54, 1.807) is 0 Å². The minimum Gasteiger partial charge on any atom is -0.481 e. The highest BCUT2D eigenvalue weighted by atomic mass is 79.9. The molecule has 1 rings (SSSR count). The minimum atomic E-state index is -0.819. The van der Waals surface area contributed by atoms with Crippen molar-refractivity contribution in [2.75, 3.05) is 6.54 Å². The number of halogens is 2. The first-order chi connectivity index (χ1) is 6.63. The number of nitrogens with two attached hydrogens (primary N) is 1. The number of hydrogen-bond donors (Lipinski definition) is 2. The molecule has 3 nitrogen and oxygen atoms in total. The molecule has 1 atom stereocenters. The van der Waals surface area contributed by atoms with E-state index in [1.165, 1.54) is 0 Å². The van der Waals surface area contributed by atoms with E-state index < -0.39 is 5.97 Å². The van der Waals surface area contributed by atoms with E-state index in [0.29, 0.717) is 6.54 Å². The van der Waals surface area contributed by atoms with Gasteiger partial charge in [0, 0.05) is 10.4 Å². The van der Waals surface area contributed by atoms with Crippen molar-refractivity contribution in [3.05, 3.63) is 34.3 Å². The van der Waals surface area contributed by atoms with Gasteiger partial charge in [-0.25, -0.2) is 0 Å². The van der Waals surface area contributed by atoms with E-state index >= 15 is 0 Å². The van der Waals surface area contributed by atoms with Gasteiger partial charge < -0.3 is 10.8 Å². The SMILES string of the molecule is Cl.NCC(CC(=O)O)c1cccc(Br)c1. The summed E-state index contributed by atoms with van der Waals surface area (Å²) in [5, 5.41) is 8.68. The normalized spacial score (nSPS) is 11.6. The average Bonchev–Trinajstić information content (AvgIpc) is 2.14. The molecule has 0 saturated carbocycles. The summed E-state index contributed by atoms with van der Waals surface area (Å²) in [4.78, 5) is 10.6. The third-order valence-electron chi connectivity index (χ3n) is 2.03. The Morgan fingerprint density at radius 2 is 2.20 bits per heavy atom. The molecule has 0 spiro atoms. The van der Waals surface area contributed by atoms with Gasteiger partial charge >= 0.3 is 5.97 Å². The van der Waals surface area contributed by atoms with Crippen molar-refractivity contribution >= 4 is 34.3 Å². The molecule has 1 aromatic rings. The largest absolute Gasteiger partial charge is 0.481 e. The van der Waals surface area contributed by atoms with Crippen LogP contribution in [0.5, 0.6) is 0 Å². The van der Waals surface area contributed by atoms with Crippen molar-refractivity contribution in [2.45, 2.75) is 12.3 Å². The van der Waals surface area contributed by atoms with Crippen molar-refractivity contribution in [3.8, 4) is 0 Å². The predicted molar refractivity (Wildman–Crippen MR) is 65.4 cm³/mol. The van der Waals surface area contributed by atoms with Gasteiger partial charge in [-0.15, -0.1) is 12.4 Å². The Morgan fingerprint density at radius 1 is 1.53 bits per heavy atom. The molecule has 1 aromatic carbocycles. The summed E-state index contributed by atoms with van der Waals surface area (Å²) in [7, 11) is 0. The maximum atomic E-state index is 10.6. The van der Waals surface area contributed by atoms with Gasteiger partial charge in [0.05, 0.1) is 6.42 Å².